The van der Waals surface area contributed by atoms with Gasteiger partial charge in [0.2, 0.25) is 0 Å². The van der Waals surface area contributed by atoms with Gasteiger partial charge in [-0.05, 0) is 55.7 Å². The molecular formula is C21H34IN3O2S. The molecule has 5 nitrogen and oxygen atoms in total. The number of benzene rings is 1. The van der Waals surface area contributed by atoms with Gasteiger partial charge in [0.05, 0.1) is 4.90 Å². The molecule has 1 aromatic rings. The number of rotatable bonds is 5. The Morgan fingerprint density at radius 2 is 1.82 bits per heavy atom. The van der Waals surface area contributed by atoms with Crippen molar-refractivity contribution < 1.29 is 8.42 Å². The maximum atomic E-state index is 11.6. The molecule has 2 aliphatic rings. The second-order valence-electron chi connectivity index (χ2n) is 8.13. The van der Waals surface area contributed by atoms with Crippen LogP contribution in [-0.4, -0.2) is 51.7 Å². The lowest BCUT2D eigenvalue weighted by atomic mass is 9.73. The van der Waals surface area contributed by atoms with Gasteiger partial charge in [0, 0.05) is 32.4 Å². The van der Waals surface area contributed by atoms with Crippen LogP contribution in [0.25, 0.3) is 0 Å². The summed E-state index contributed by atoms with van der Waals surface area (Å²) >= 11 is 0. The average Bonchev–Trinajstić information content (AvgIpc) is 3.04. The van der Waals surface area contributed by atoms with Crippen molar-refractivity contribution in [3.63, 3.8) is 0 Å². The monoisotopic (exact) mass is 519 g/mol. The van der Waals surface area contributed by atoms with Crippen LogP contribution in [0, 0.1) is 5.41 Å². The van der Waals surface area contributed by atoms with E-state index in [0.29, 0.717) is 16.9 Å². The summed E-state index contributed by atoms with van der Waals surface area (Å²) in [4.78, 5) is 7.67. The quantitative estimate of drug-likeness (QED) is 0.365. The van der Waals surface area contributed by atoms with Gasteiger partial charge in [-0.3, -0.25) is 4.99 Å². The first kappa shape index (κ1) is 23.4. The van der Waals surface area contributed by atoms with E-state index in [9.17, 15) is 8.42 Å². The number of nitrogens with one attached hydrogen (secondary N) is 1. The predicted molar refractivity (Wildman–Crippen MR) is 126 cm³/mol. The van der Waals surface area contributed by atoms with Gasteiger partial charge in [-0.15, -0.1) is 24.0 Å². The zero-order valence-corrected chi connectivity index (χ0v) is 20.3. The summed E-state index contributed by atoms with van der Waals surface area (Å²) in [5.74, 6) is 1.03. The third-order valence-electron chi connectivity index (χ3n) is 6.00. The summed E-state index contributed by atoms with van der Waals surface area (Å²) < 4.78 is 23.1. The second-order valence-corrected chi connectivity index (χ2v) is 10.1. The van der Waals surface area contributed by atoms with Crippen molar-refractivity contribution in [2.24, 2.45) is 10.4 Å². The zero-order chi connectivity index (χ0) is 19.3. The minimum absolute atomic E-state index is 0. The Morgan fingerprint density at radius 1 is 1.14 bits per heavy atom. The number of halogens is 1. The average molecular weight is 519 g/mol. The summed E-state index contributed by atoms with van der Waals surface area (Å²) in [7, 11) is -3.13. The van der Waals surface area contributed by atoms with E-state index >= 15 is 0 Å². The number of sulfone groups is 1. The normalized spacial score (nSPS) is 19.5. The Labute approximate surface area is 187 Å². The molecule has 1 spiro atoms. The molecule has 0 unspecified atom stereocenters. The Kier molecular flexibility index (Phi) is 8.60. The van der Waals surface area contributed by atoms with Crippen molar-refractivity contribution in [2.45, 2.75) is 56.8 Å². The molecule has 0 radical (unpaired) electrons. The lowest BCUT2D eigenvalue weighted by Crippen LogP contribution is -2.41. The molecule has 158 valence electrons. The summed E-state index contributed by atoms with van der Waals surface area (Å²) in [6.45, 7) is 5.96. The van der Waals surface area contributed by atoms with Crippen molar-refractivity contribution >= 4 is 39.8 Å². The van der Waals surface area contributed by atoms with Gasteiger partial charge in [-0.25, -0.2) is 8.42 Å². The minimum atomic E-state index is -3.13. The van der Waals surface area contributed by atoms with Gasteiger partial charge >= 0.3 is 0 Å². The molecular weight excluding hydrogens is 485 g/mol. The van der Waals surface area contributed by atoms with Gasteiger partial charge in [-0.2, -0.15) is 0 Å². The fraction of sp³-hybridized carbons (Fsp3) is 0.667. The Bertz CT molecular complexity index is 756. The third kappa shape index (κ3) is 6.08. The molecule has 1 saturated heterocycles. The fourth-order valence-corrected chi connectivity index (χ4v) is 5.08. The molecule has 2 fully saturated rings. The van der Waals surface area contributed by atoms with E-state index < -0.39 is 9.84 Å². The van der Waals surface area contributed by atoms with E-state index in [1.165, 1.54) is 44.8 Å². The fourth-order valence-electron chi connectivity index (χ4n) is 4.45. The lowest BCUT2D eigenvalue weighted by molar-refractivity contribution is 0.203. The van der Waals surface area contributed by atoms with Crippen LogP contribution >= 0.6 is 24.0 Å². The highest BCUT2D eigenvalue weighted by molar-refractivity contribution is 14.0. The third-order valence-corrected chi connectivity index (χ3v) is 7.13. The van der Waals surface area contributed by atoms with E-state index in [4.69, 9.17) is 4.99 Å². The summed E-state index contributed by atoms with van der Waals surface area (Å²) in [5.41, 5.74) is 1.64. The smallest absolute Gasteiger partial charge is 0.193 e. The van der Waals surface area contributed by atoms with Crippen molar-refractivity contribution in [3.8, 4) is 0 Å². The summed E-state index contributed by atoms with van der Waals surface area (Å²) in [6, 6.07) is 7.16. The number of aliphatic imine (C=N–C) groups is 1. The molecule has 0 aromatic heterocycles. The molecule has 1 saturated carbocycles. The number of hydrogen-bond acceptors (Lipinski definition) is 3. The largest absolute Gasteiger partial charge is 0.357 e. The number of hydrogen-bond donors (Lipinski definition) is 1. The zero-order valence-electron chi connectivity index (χ0n) is 17.1. The standard InChI is InChI=1S/C21H33N3O2S.HI/c1-3-22-20(24-16-14-21(17-24)12-5-4-6-13-21)23-15-11-18-7-9-19(10-8-18)27(2,25)26;/h7-10H,3-6,11-17H2,1-2H3,(H,22,23);1H. The SMILES string of the molecule is CCNC(=NCCc1ccc(S(C)(=O)=O)cc1)N1CCC2(CCCCC2)C1.I. The Hall–Kier alpha value is -0.830. The highest BCUT2D eigenvalue weighted by Crippen LogP contribution is 2.43. The van der Waals surface area contributed by atoms with E-state index in [-0.39, 0.29) is 24.0 Å². The molecule has 0 atom stereocenters. The molecule has 7 heteroatoms. The molecule has 1 aliphatic heterocycles. The first-order valence-electron chi connectivity index (χ1n) is 10.2. The van der Waals surface area contributed by atoms with E-state index in [2.05, 4.69) is 17.1 Å². The van der Waals surface area contributed by atoms with Gasteiger partial charge in [0.15, 0.2) is 15.8 Å². The van der Waals surface area contributed by atoms with Crippen LogP contribution in [0.5, 0.6) is 0 Å². The van der Waals surface area contributed by atoms with Crippen LogP contribution in [0.2, 0.25) is 0 Å². The number of nitrogens with zero attached hydrogens (tertiary/aromatic N) is 2. The minimum Gasteiger partial charge on any atom is -0.357 e. The topological polar surface area (TPSA) is 61.8 Å². The van der Waals surface area contributed by atoms with Gasteiger partial charge in [0.1, 0.15) is 0 Å². The predicted octanol–water partition coefficient (Wildman–Crippen LogP) is 3.87. The number of guanidine groups is 1. The Balaban J connectivity index is 0.00000280. The van der Waals surface area contributed by atoms with Crippen LogP contribution in [0.15, 0.2) is 34.2 Å². The van der Waals surface area contributed by atoms with Crippen LogP contribution in [-0.2, 0) is 16.3 Å². The first-order valence-corrected chi connectivity index (χ1v) is 12.1. The highest BCUT2D eigenvalue weighted by Gasteiger charge is 2.39. The van der Waals surface area contributed by atoms with Crippen molar-refractivity contribution in [1.82, 2.24) is 10.2 Å². The van der Waals surface area contributed by atoms with Crippen LogP contribution in [0.3, 0.4) is 0 Å². The lowest BCUT2D eigenvalue weighted by Gasteiger charge is -2.33. The van der Waals surface area contributed by atoms with E-state index in [1.54, 1.807) is 12.1 Å². The van der Waals surface area contributed by atoms with Crippen LogP contribution in [0.4, 0.5) is 0 Å². The van der Waals surface area contributed by atoms with Gasteiger partial charge < -0.3 is 10.2 Å². The first-order chi connectivity index (χ1) is 12.9. The molecule has 1 aromatic carbocycles. The molecule has 28 heavy (non-hydrogen) atoms. The molecule has 1 N–H and O–H groups in total. The van der Waals surface area contributed by atoms with Crippen LogP contribution < -0.4 is 5.32 Å². The summed E-state index contributed by atoms with van der Waals surface area (Å²) in [5, 5.41) is 3.46. The van der Waals surface area contributed by atoms with E-state index in [0.717, 1.165) is 37.6 Å². The molecule has 0 bridgehead atoms. The van der Waals surface area contributed by atoms with Gasteiger partial charge in [-0.1, -0.05) is 31.4 Å². The number of likely N-dealkylation sites (tertiary alicyclic amines) is 1. The summed E-state index contributed by atoms with van der Waals surface area (Å²) in [6.07, 6.45) is 10.3. The van der Waals surface area contributed by atoms with E-state index in [1.807, 2.05) is 12.1 Å². The maximum absolute atomic E-state index is 11.6. The molecule has 3 rings (SSSR count). The second kappa shape index (κ2) is 10.3. The molecule has 0 amide bonds. The molecule has 1 heterocycles. The highest BCUT2D eigenvalue weighted by atomic mass is 127. The van der Waals surface area contributed by atoms with Crippen LogP contribution in [0.1, 0.15) is 51.0 Å². The maximum Gasteiger partial charge on any atom is 0.193 e. The molecule has 1 aliphatic carbocycles. The van der Waals surface area contributed by atoms with Crippen molar-refractivity contribution in [1.29, 1.82) is 0 Å². The van der Waals surface area contributed by atoms with Crippen molar-refractivity contribution in [3.05, 3.63) is 29.8 Å². The van der Waals surface area contributed by atoms with Crippen molar-refractivity contribution in [2.75, 3.05) is 32.4 Å². The van der Waals surface area contributed by atoms with Gasteiger partial charge in [0.25, 0.3) is 0 Å². The Morgan fingerprint density at radius 3 is 2.43 bits per heavy atom.